The van der Waals surface area contributed by atoms with E-state index in [1.54, 1.807) is 0 Å². The highest BCUT2D eigenvalue weighted by Gasteiger charge is 2.16. The van der Waals surface area contributed by atoms with Crippen LogP contribution in [0.4, 0.5) is 0 Å². The van der Waals surface area contributed by atoms with Crippen molar-refractivity contribution in [3.63, 3.8) is 0 Å². The minimum atomic E-state index is 1.01. The van der Waals surface area contributed by atoms with Gasteiger partial charge in [-0.25, -0.2) is 4.98 Å². The molecule has 3 heteroatoms. The fourth-order valence-corrected chi connectivity index (χ4v) is 6.51. The van der Waals surface area contributed by atoms with Gasteiger partial charge in [-0.2, -0.15) is 0 Å². The average Bonchev–Trinajstić information content (AvgIpc) is 3.37. The Morgan fingerprint density at radius 3 is 2.12 bits per heavy atom. The predicted molar refractivity (Wildman–Crippen MR) is 172 cm³/mol. The lowest BCUT2D eigenvalue weighted by atomic mass is 9.99. The molecule has 0 bridgehead atoms. The Morgan fingerprint density at radius 2 is 1.20 bits per heavy atom. The molecule has 0 unspecified atom stereocenters. The SMILES string of the molecule is c1cnc2c(c1)ccc1ccc(-n3c4ccccc4c4ccc(-c5nc6ccccc6c6ccccc56)cc43)cc12. The van der Waals surface area contributed by atoms with Crippen LogP contribution in [0.25, 0.3) is 82.1 Å². The number of hydrogen-bond donors (Lipinski definition) is 0. The molecule has 3 nitrogen and oxygen atoms in total. The first kappa shape index (κ1) is 22.3. The van der Waals surface area contributed by atoms with E-state index in [2.05, 4.69) is 132 Å². The number of hydrogen-bond acceptors (Lipinski definition) is 2. The van der Waals surface area contributed by atoms with Gasteiger partial charge in [0.1, 0.15) is 0 Å². The lowest BCUT2D eigenvalue weighted by molar-refractivity contribution is 1.19. The molecule has 0 amide bonds. The van der Waals surface area contributed by atoms with Crippen molar-refractivity contribution in [3.8, 4) is 16.9 Å². The molecule has 0 aliphatic heterocycles. The summed E-state index contributed by atoms with van der Waals surface area (Å²) in [6, 6.07) is 47.6. The summed E-state index contributed by atoms with van der Waals surface area (Å²) in [6.07, 6.45) is 1.88. The van der Waals surface area contributed by atoms with Crippen LogP contribution < -0.4 is 0 Å². The Morgan fingerprint density at radius 1 is 0.463 bits per heavy atom. The summed E-state index contributed by atoms with van der Waals surface area (Å²) in [5.74, 6) is 0. The fraction of sp³-hybridized carbons (Fsp3) is 0. The van der Waals surface area contributed by atoms with Crippen LogP contribution in [-0.2, 0) is 0 Å². The van der Waals surface area contributed by atoms with Gasteiger partial charge in [0.05, 0.1) is 27.8 Å². The molecule has 0 aliphatic carbocycles. The van der Waals surface area contributed by atoms with Crippen LogP contribution in [0.5, 0.6) is 0 Å². The molecule has 0 fully saturated rings. The van der Waals surface area contributed by atoms with Crippen molar-refractivity contribution in [1.82, 2.24) is 14.5 Å². The third-order valence-corrected chi connectivity index (χ3v) is 8.39. The van der Waals surface area contributed by atoms with Crippen molar-refractivity contribution in [1.29, 1.82) is 0 Å². The number of nitrogens with zero attached hydrogens (tertiary/aromatic N) is 3. The van der Waals surface area contributed by atoms with Gasteiger partial charge in [0.15, 0.2) is 0 Å². The Bertz CT molecular complexity index is 2490. The Kier molecular flexibility index (Phi) is 4.61. The average molecular weight is 522 g/mol. The molecule has 0 saturated carbocycles. The topological polar surface area (TPSA) is 30.7 Å². The minimum absolute atomic E-state index is 1.01. The van der Waals surface area contributed by atoms with Crippen LogP contribution in [0.15, 0.2) is 140 Å². The van der Waals surface area contributed by atoms with Crippen LogP contribution in [0, 0.1) is 0 Å². The number of aromatic nitrogens is 3. The maximum Gasteiger partial charge on any atom is 0.0788 e. The number of para-hydroxylation sites is 2. The van der Waals surface area contributed by atoms with Gasteiger partial charge in [0, 0.05) is 49.8 Å². The summed E-state index contributed by atoms with van der Waals surface area (Å²) < 4.78 is 2.39. The molecule has 3 aromatic heterocycles. The summed E-state index contributed by atoms with van der Waals surface area (Å²) >= 11 is 0. The zero-order valence-corrected chi connectivity index (χ0v) is 22.1. The number of pyridine rings is 2. The van der Waals surface area contributed by atoms with Gasteiger partial charge >= 0.3 is 0 Å². The molecule has 0 radical (unpaired) electrons. The van der Waals surface area contributed by atoms with E-state index in [0.717, 1.165) is 49.7 Å². The van der Waals surface area contributed by atoms with Crippen molar-refractivity contribution >= 4 is 65.2 Å². The van der Waals surface area contributed by atoms with E-state index >= 15 is 0 Å². The van der Waals surface area contributed by atoms with E-state index in [0.29, 0.717) is 0 Å². The van der Waals surface area contributed by atoms with E-state index in [1.807, 2.05) is 12.3 Å². The van der Waals surface area contributed by atoms with E-state index in [4.69, 9.17) is 9.97 Å². The molecule has 190 valence electrons. The van der Waals surface area contributed by atoms with E-state index < -0.39 is 0 Å². The molecule has 0 saturated heterocycles. The molecule has 0 atom stereocenters. The highest BCUT2D eigenvalue weighted by Crippen LogP contribution is 2.38. The first-order valence-electron chi connectivity index (χ1n) is 13.9. The minimum Gasteiger partial charge on any atom is -0.309 e. The van der Waals surface area contributed by atoms with Crippen LogP contribution in [-0.4, -0.2) is 14.5 Å². The van der Waals surface area contributed by atoms with Gasteiger partial charge in [-0.1, -0.05) is 97.1 Å². The monoisotopic (exact) mass is 521 g/mol. The summed E-state index contributed by atoms with van der Waals surface area (Å²) in [5, 5.41) is 9.53. The molecule has 41 heavy (non-hydrogen) atoms. The fourth-order valence-electron chi connectivity index (χ4n) is 6.51. The normalized spacial score (nSPS) is 11.9. The molecule has 0 N–H and O–H groups in total. The summed E-state index contributed by atoms with van der Waals surface area (Å²) in [5.41, 5.74) is 7.62. The van der Waals surface area contributed by atoms with E-state index in [1.165, 1.54) is 32.4 Å². The maximum absolute atomic E-state index is 5.19. The van der Waals surface area contributed by atoms with Crippen LogP contribution >= 0.6 is 0 Å². The maximum atomic E-state index is 5.19. The zero-order chi connectivity index (χ0) is 26.9. The zero-order valence-electron chi connectivity index (χ0n) is 22.1. The molecular weight excluding hydrogens is 498 g/mol. The first-order valence-corrected chi connectivity index (χ1v) is 13.9. The second-order valence-electron chi connectivity index (χ2n) is 10.7. The lowest BCUT2D eigenvalue weighted by Crippen LogP contribution is -1.95. The van der Waals surface area contributed by atoms with Crippen molar-refractivity contribution in [2.24, 2.45) is 0 Å². The molecule has 6 aromatic carbocycles. The second kappa shape index (κ2) is 8.48. The van der Waals surface area contributed by atoms with Gasteiger partial charge in [-0.15, -0.1) is 0 Å². The van der Waals surface area contributed by atoms with E-state index in [-0.39, 0.29) is 0 Å². The second-order valence-corrected chi connectivity index (χ2v) is 10.7. The largest absolute Gasteiger partial charge is 0.309 e. The van der Waals surface area contributed by atoms with Gasteiger partial charge < -0.3 is 4.57 Å². The van der Waals surface area contributed by atoms with Crippen molar-refractivity contribution in [2.75, 3.05) is 0 Å². The third-order valence-electron chi connectivity index (χ3n) is 8.39. The quantitative estimate of drug-likeness (QED) is 0.212. The van der Waals surface area contributed by atoms with E-state index in [9.17, 15) is 0 Å². The highest BCUT2D eigenvalue weighted by atomic mass is 15.0. The number of benzene rings is 6. The number of fused-ring (bicyclic) bond motifs is 9. The standard InChI is InChI=1S/C38H23N3/c1-2-12-32-28(9-1)29-10-3-5-13-34(29)40-38(32)26-18-20-31-30-11-4-6-14-35(30)41(36(31)22-26)27-19-17-24-15-16-25-8-7-21-39-37(25)33(24)23-27/h1-23H. The van der Waals surface area contributed by atoms with Crippen molar-refractivity contribution in [2.45, 2.75) is 0 Å². The molecule has 9 rings (SSSR count). The van der Waals surface area contributed by atoms with Crippen molar-refractivity contribution < 1.29 is 0 Å². The van der Waals surface area contributed by atoms with Gasteiger partial charge in [-0.05, 0) is 47.2 Å². The highest BCUT2D eigenvalue weighted by molar-refractivity contribution is 6.14. The van der Waals surface area contributed by atoms with Crippen LogP contribution in [0.3, 0.4) is 0 Å². The van der Waals surface area contributed by atoms with Gasteiger partial charge in [0.25, 0.3) is 0 Å². The Labute approximate surface area is 235 Å². The predicted octanol–water partition coefficient (Wildman–Crippen LogP) is 9.85. The number of rotatable bonds is 2. The van der Waals surface area contributed by atoms with Crippen LogP contribution in [0.2, 0.25) is 0 Å². The van der Waals surface area contributed by atoms with Gasteiger partial charge in [0.2, 0.25) is 0 Å². The summed E-state index contributed by atoms with van der Waals surface area (Å²) in [7, 11) is 0. The molecule has 0 spiro atoms. The first-order chi connectivity index (χ1) is 20.3. The lowest BCUT2D eigenvalue weighted by Gasteiger charge is -2.12. The van der Waals surface area contributed by atoms with Crippen LogP contribution in [0.1, 0.15) is 0 Å². The molecule has 0 aliphatic rings. The molecule has 9 aromatic rings. The Hall–Kier alpha value is -5.54. The smallest absolute Gasteiger partial charge is 0.0788 e. The van der Waals surface area contributed by atoms with Gasteiger partial charge in [-0.3, -0.25) is 4.98 Å². The molecule has 3 heterocycles. The Balaban J connectivity index is 1.36. The summed E-state index contributed by atoms with van der Waals surface area (Å²) in [4.78, 5) is 9.94. The molecular formula is C38H23N3. The van der Waals surface area contributed by atoms with Crippen molar-refractivity contribution in [3.05, 3.63) is 140 Å². The third kappa shape index (κ3) is 3.26. The summed E-state index contributed by atoms with van der Waals surface area (Å²) in [6.45, 7) is 0.